The first kappa shape index (κ1) is 13.4. The van der Waals surface area contributed by atoms with Crippen molar-refractivity contribution in [2.45, 2.75) is 11.1 Å². The third-order valence-corrected chi connectivity index (χ3v) is 5.69. The molecule has 7 nitrogen and oxygen atoms in total. The maximum Gasteiger partial charge on any atom is 0.254 e. The summed E-state index contributed by atoms with van der Waals surface area (Å²) in [6.07, 6.45) is 1.29. The molecule has 9 heteroatoms. The predicted octanol–water partition coefficient (Wildman–Crippen LogP) is -0.305. The minimum Gasteiger partial charge on any atom is -0.314 e. The van der Waals surface area contributed by atoms with Gasteiger partial charge < -0.3 is 10.6 Å². The van der Waals surface area contributed by atoms with Crippen molar-refractivity contribution in [3.8, 4) is 0 Å². The first-order valence-electron chi connectivity index (χ1n) is 5.44. The minimum absolute atomic E-state index is 0.160. The van der Waals surface area contributed by atoms with E-state index in [9.17, 15) is 13.2 Å². The average Bonchev–Trinajstić information content (AvgIpc) is 2.78. The molecule has 0 atom stereocenters. The van der Waals surface area contributed by atoms with Gasteiger partial charge in [-0.2, -0.15) is 4.31 Å². The summed E-state index contributed by atoms with van der Waals surface area (Å²) < 4.78 is 26.1. The van der Waals surface area contributed by atoms with Crippen LogP contribution < -0.4 is 10.6 Å². The van der Waals surface area contributed by atoms with Gasteiger partial charge in [-0.25, -0.2) is 13.4 Å². The van der Waals surface area contributed by atoms with E-state index in [1.54, 1.807) is 0 Å². The Kier molecular flexibility index (Phi) is 3.95. The van der Waals surface area contributed by atoms with Crippen LogP contribution >= 0.6 is 11.3 Å². The van der Waals surface area contributed by atoms with Crippen LogP contribution in [0.25, 0.3) is 0 Å². The highest BCUT2D eigenvalue weighted by atomic mass is 32.2. The number of hydrogen-bond donors (Lipinski definition) is 2. The quantitative estimate of drug-likeness (QED) is 0.797. The lowest BCUT2D eigenvalue weighted by molar-refractivity contribution is -0.114. The number of nitrogens with one attached hydrogen (secondary N) is 2. The molecule has 0 saturated carbocycles. The zero-order valence-electron chi connectivity index (χ0n) is 9.84. The van der Waals surface area contributed by atoms with E-state index in [2.05, 4.69) is 15.6 Å². The van der Waals surface area contributed by atoms with Gasteiger partial charge in [0.15, 0.2) is 9.34 Å². The van der Waals surface area contributed by atoms with Crippen molar-refractivity contribution in [3.63, 3.8) is 0 Å². The van der Waals surface area contributed by atoms with Gasteiger partial charge in [0.1, 0.15) is 0 Å². The Morgan fingerprint density at radius 1 is 1.50 bits per heavy atom. The van der Waals surface area contributed by atoms with Crippen molar-refractivity contribution in [2.24, 2.45) is 0 Å². The number of carbonyl (C=O) groups is 1. The molecule has 2 rings (SSSR count). The number of aromatic nitrogens is 1. The second-order valence-electron chi connectivity index (χ2n) is 3.82. The number of nitrogens with zero attached hydrogens (tertiary/aromatic N) is 2. The molecule has 1 amide bonds. The summed E-state index contributed by atoms with van der Waals surface area (Å²) in [6.45, 7) is 3.56. The molecule has 1 aromatic heterocycles. The van der Waals surface area contributed by atoms with Crippen LogP contribution in [0, 0.1) is 0 Å². The summed E-state index contributed by atoms with van der Waals surface area (Å²) in [5.41, 5.74) is 0. The van der Waals surface area contributed by atoms with Crippen LogP contribution in [0.2, 0.25) is 0 Å². The monoisotopic (exact) mass is 290 g/mol. The number of anilines is 1. The highest BCUT2D eigenvalue weighted by Gasteiger charge is 2.27. The molecular weight excluding hydrogens is 276 g/mol. The fourth-order valence-corrected chi connectivity index (χ4v) is 4.27. The first-order chi connectivity index (χ1) is 8.50. The second-order valence-corrected chi connectivity index (χ2v) is 7.02. The van der Waals surface area contributed by atoms with Gasteiger partial charge in [0.2, 0.25) is 5.91 Å². The molecule has 1 aromatic rings. The number of sulfonamides is 1. The van der Waals surface area contributed by atoms with E-state index in [-0.39, 0.29) is 10.1 Å². The molecule has 0 aromatic carbocycles. The molecule has 1 fully saturated rings. The number of piperazine rings is 1. The normalized spacial score (nSPS) is 17.6. The predicted molar refractivity (Wildman–Crippen MR) is 68.0 cm³/mol. The largest absolute Gasteiger partial charge is 0.314 e. The van der Waals surface area contributed by atoms with Gasteiger partial charge in [-0.1, -0.05) is 11.3 Å². The number of rotatable bonds is 3. The van der Waals surface area contributed by atoms with E-state index in [4.69, 9.17) is 0 Å². The van der Waals surface area contributed by atoms with Gasteiger partial charge in [-0.15, -0.1) is 0 Å². The van der Waals surface area contributed by atoms with Crippen LogP contribution in [0.15, 0.2) is 10.4 Å². The lowest BCUT2D eigenvalue weighted by atomic mass is 10.4. The van der Waals surface area contributed by atoms with Gasteiger partial charge >= 0.3 is 0 Å². The number of carbonyl (C=O) groups excluding carboxylic acids is 1. The smallest absolute Gasteiger partial charge is 0.254 e. The Morgan fingerprint density at radius 3 is 2.78 bits per heavy atom. The number of hydrogen-bond acceptors (Lipinski definition) is 6. The number of amides is 1. The van der Waals surface area contributed by atoms with Gasteiger partial charge in [0.25, 0.3) is 10.0 Å². The van der Waals surface area contributed by atoms with Gasteiger partial charge in [-0.05, 0) is 0 Å². The Balaban J connectivity index is 2.18. The fourth-order valence-electron chi connectivity index (χ4n) is 1.60. The SMILES string of the molecule is CC(=O)Nc1ncc(S(=O)(=O)N2CCNCC2)s1. The maximum absolute atomic E-state index is 12.2. The zero-order valence-corrected chi connectivity index (χ0v) is 11.5. The standard InChI is InChI=1S/C9H14N4O3S2/c1-7(14)12-9-11-6-8(17-9)18(15,16)13-4-2-10-3-5-13/h6,10H,2-5H2,1H3,(H,11,12,14). The van der Waals surface area contributed by atoms with Crippen LogP contribution in [0.4, 0.5) is 5.13 Å². The second kappa shape index (κ2) is 5.31. The highest BCUT2D eigenvalue weighted by molar-refractivity contribution is 7.91. The average molecular weight is 290 g/mol. The van der Waals surface area contributed by atoms with E-state index >= 15 is 0 Å². The Bertz CT molecular complexity index is 534. The molecule has 0 spiro atoms. The van der Waals surface area contributed by atoms with Crippen molar-refractivity contribution < 1.29 is 13.2 Å². The van der Waals surface area contributed by atoms with Gasteiger partial charge in [-0.3, -0.25) is 4.79 Å². The van der Waals surface area contributed by atoms with Crippen molar-refractivity contribution in [1.29, 1.82) is 0 Å². The summed E-state index contributed by atoms with van der Waals surface area (Å²) in [4.78, 5) is 14.7. The van der Waals surface area contributed by atoms with Gasteiger partial charge in [0, 0.05) is 33.1 Å². The molecule has 0 unspecified atom stereocenters. The van der Waals surface area contributed by atoms with Crippen molar-refractivity contribution in [2.75, 3.05) is 31.5 Å². The molecule has 0 radical (unpaired) electrons. The van der Waals surface area contributed by atoms with E-state index in [0.29, 0.717) is 31.3 Å². The molecule has 0 bridgehead atoms. The van der Waals surface area contributed by atoms with Crippen LogP contribution in [-0.4, -0.2) is 49.8 Å². The van der Waals surface area contributed by atoms with Crippen LogP contribution in [0.1, 0.15) is 6.92 Å². The van der Waals surface area contributed by atoms with Crippen LogP contribution in [-0.2, 0) is 14.8 Å². The topological polar surface area (TPSA) is 91.4 Å². The summed E-state index contributed by atoms with van der Waals surface area (Å²) in [5.74, 6) is -0.268. The van der Waals surface area contributed by atoms with Crippen LogP contribution in [0.3, 0.4) is 0 Å². The Hall–Kier alpha value is -1.03. The molecule has 2 heterocycles. The van der Waals surface area contributed by atoms with Gasteiger partial charge in [0.05, 0.1) is 6.20 Å². The maximum atomic E-state index is 12.2. The lowest BCUT2D eigenvalue weighted by Crippen LogP contribution is -2.46. The highest BCUT2D eigenvalue weighted by Crippen LogP contribution is 2.25. The molecule has 0 aliphatic carbocycles. The summed E-state index contributed by atoms with van der Waals surface area (Å²) in [5, 5.41) is 5.87. The molecular formula is C9H14N4O3S2. The third-order valence-electron chi connectivity index (χ3n) is 2.44. The third kappa shape index (κ3) is 2.86. The molecule has 2 N–H and O–H groups in total. The lowest BCUT2D eigenvalue weighted by Gasteiger charge is -2.25. The Labute approximate surface area is 109 Å². The summed E-state index contributed by atoms with van der Waals surface area (Å²) in [6, 6.07) is 0. The molecule has 1 aliphatic heterocycles. The Morgan fingerprint density at radius 2 is 2.17 bits per heavy atom. The fraction of sp³-hybridized carbons (Fsp3) is 0.556. The van der Waals surface area contributed by atoms with Crippen molar-refractivity contribution in [1.82, 2.24) is 14.6 Å². The summed E-state index contributed by atoms with van der Waals surface area (Å²) >= 11 is 0.969. The molecule has 100 valence electrons. The minimum atomic E-state index is -3.48. The van der Waals surface area contributed by atoms with E-state index in [1.165, 1.54) is 17.4 Å². The van der Waals surface area contributed by atoms with E-state index in [1.807, 2.05) is 0 Å². The number of thiazole rings is 1. The van der Waals surface area contributed by atoms with E-state index in [0.717, 1.165) is 11.3 Å². The van der Waals surface area contributed by atoms with Crippen LogP contribution in [0.5, 0.6) is 0 Å². The zero-order chi connectivity index (χ0) is 13.2. The van der Waals surface area contributed by atoms with Crippen molar-refractivity contribution >= 4 is 32.4 Å². The van der Waals surface area contributed by atoms with E-state index < -0.39 is 10.0 Å². The van der Waals surface area contributed by atoms with Crippen molar-refractivity contribution in [3.05, 3.63) is 6.20 Å². The molecule has 1 aliphatic rings. The first-order valence-corrected chi connectivity index (χ1v) is 7.70. The summed E-state index contributed by atoms with van der Waals surface area (Å²) in [7, 11) is -3.48. The molecule has 1 saturated heterocycles. The molecule has 18 heavy (non-hydrogen) atoms.